The molecule has 0 aliphatic heterocycles. The largest absolute Gasteiger partial charge is 0.342 e. The highest BCUT2D eigenvalue weighted by Gasteiger charge is 2.37. The van der Waals surface area contributed by atoms with Crippen LogP contribution < -0.4 is 5.32 Å². The van der Waals surface area contributed by atoms with Crippen LogP contribution in [0.2, 0.25) is 0 Å². The van der Waals surface area contributed by atoms with E-state index in [2.05, 4.69) is 27.4 Å². The maximum absolute atomic E-state index is 12.6. The zero-order valence-corrected chi connectivity index (χ0v) is 13.4. The Kier molecular flexibility index (Phi) is 4.43. The molecule has 0 saturated heterocycles. The molecule has 1 N–H and O–H groups in total. The third-order valence-corrected chi connectivity index (χ3v) is 4.79. The highest BCUT2D eigenvalue weighted by molar-refractivity contribution is 7.98. The second kappa shape index (κ2) is 6.48. The van der Waals surface area contributed by atoms with Gasteiger partial charge in [-0.2, -0.15) is 0 Å². The van der Waals surface area contributed by atoms with Gasteiger partial charge >= 0.3 is 0 Å². The first-order valence-corrected chi connectivity index (χ1v) is 8.70. The summed E-state index contributed by atoms with van der Waals surface area (Å²) >= 11 is 1.46. The lowest BCUT2D eigenvalue weighted by molar-refractivity contribution is 0.0897. The van der Waals surface area contributed by atoms with Crippen molar-refractivity contribution in [2.24, 2.45) is 0 Å². The summed E-state index contributed by atoms with van der Waals surface area (Å²) in [6, 6.07) is 10.2. The minimum absolute atomic E-state index is 0.0987. The molecule has 1 aliphatic carbocycles. The van der Waals surface area contributed by atoms with Gasteiger partial charge in [-0.3, -0.25) is 4.79 Å². The SMILES string of the molecule is CSc1ncc(C(=O)NC2(c3ccccc3)CCCC2)cn1. The van der Waals surface area contributed by atoms with Gasteiger partial charge in [0.05, 0.1) is 11.1 Å². The summed E-state index contributed by atoms with van der Waals surface area (Å²) in [5.74, 6) is -0.0987. The molecule has 1 aromatic heterocycles. The standard InChI is InChI=1S/C17H19N3OS/c1-22-16-18-11-13(12-19-16)15(21)20-17(9-5-6-10-17)14-7-3-2-4-8-14/h2-4,7-8,11-12H,5-6,9-10H2,1H3,(H,20,21). The van der Waals surface area contributed by atoms with E-state index in [0.29, 0.717) is 10.7 Å². The molecule has 0 radical (unpaired) electrons. The maximum Gasteiger partial charge on any atom is 0.255 e. The lowest BCUT2D eigenvalue weighted by atomic mass is 9.88. The molecule has 0 spiro atoms. The molecule has 22 heavy (non-hydrogen) atoms. The van der Waals surface area contributed by atoms with Crippen molar-refractivity contribution in [1.29, 1.82) is 0 Å². The smallest absolute Gasteiger partial charge is 0.255 e. The Balaban J connectivity index is 1.83. The number of nitrogens with zero attached hydrogens (tertiary/aromatic N) is 2. The highest BCUT2D eigenvalue weighted by Crippen LogP contribution is 2.38. The van der Waals surface area contributed by atoms with Crippen LogP contribution in [0.1, 0.15) is 41.6 Å². The van der Waals surface area contributed by atoms with Crippen molar-refractivity contribution < 1.29 is 4.79 Å². The van der Waals surface area contributed by atoms with E-state index in [4.69, 9.17) is 0 Å². The fourth-order valence-corrected chi connectivity index (χ4v) is 3.37. The van der Waals surface area contributed by atoms with Crippen LogP contribution in [0.3, 0.4) is 0 Å². The Hall–Kier alpha value is -1.88. The van der Waals surface area contributed by atoms with Crippen molar-refractivity contribution in [2.75, 3.05) is 6.26 Å². The van der Waals surface area contributed by atoms with Crippen LogP contribution in [0, 0.1) is 0 Å². The van der Waals surface area contributed by atoms with E-state index in [1.807, 2.05) is 24.5 Å². The summed E-state index contributed by atoms with van der Waals surface area (Å²) in [5, 5.41) is 3.91. The topological polar surface area (TPSA) is 54.9 Å². The highest BCUT2D eigenvalue weighted by atomic mass is 32.2. The fraction of sp³-hybridized carbons (Fsp3) is 0.353. The molecule has 4 nitrogen and oxygen atoms in total. The average Bonchev–Trinajstić information content (AvgIpc) is 3.05. The molecule has 0 atom stereocenters. The van der Waals surface area contributed by atoms with Gasteiger partial charge in [0.2, 0.25) is 0 Å². The van der Waals surface area contributed by atoms with E-state index in [1.165, 1.54) is 17.3 Å². The second-order valence-corrected chi connectivity index (χ2v) is 6.34. The van der Waals surface area contributed by atoms with E-state index in [0.717, 1.165) is 25.7 Å². The summed E-state index contributed by atoms with van der Waals surface area (Å²) in [7, 11) is 0. The van der Waals surface area contributed by atoms with E-state index >= 15 is 0 Å². The number of aromatic nitrogens is 2. The Bertz CT molecular complexity index is 637. The Labute approximate surface area is 134 Å². The first kappa shape index (κ1) is 15.0. The van der Waals surface area contributed by atoms with Crippen LogP contribution >= 0.6 is 11.8 Å². The predicted molar refractivity (Wildman–Crippen MR) is 87.9 cm³/mol. The van der Waals surface area contributed by atoms with Gasteiger partial charge in [-0.1, -0.05) is 54.9 Å². The molecular formula is C17H19N3OS. The number of carbonyl (C=O) groups excluding carboxylic acids is 1. The van der Waals surface area contributed by atoms with Crippen molar-refractivity contribution in [3.05, 3.63) is 53.9 Å². The van der Waals surface area contributed by atoms with Gasteiger partial charge in [0.15, 0.2) is 5.16 Å². The van der Waals surface area contributed by atoms with Crippen molar-refractivity contribution in [3.63, 3.8) is 0 Å². The average molecular weight is 313 g/mol. The normalized spacial score (nSPS) is 16.4. The van der Waals surface area contributed by atoms with E-state index in [1.54, 1.807) is 12.4 Å². The first-order valence-electron chi connectivity index (χ1n) is 7.48. The van der Waals surface area contributed by atoms with Gasteiger partial charge in [-0.15, -0.1) is 0 Å². The molecule has 1 fully saturated rings. The Morgan fingerprint density at radius 2 is 1.77 bits per heavy atom. The zero-order valence-electron chi connectivity index (χ0n) is 12.6. The summed E-state index contributed by atoms with van der Waals surface area (Å²) in [6.07, 6.45) is 9.34. The van der Waals surface area contributed by atoms with E-state index in [9.17, 15) is 4.79 Å². The number of benzene rings is 1. The molecule has 2 aromatic rings. The Morgan fingerprint density at radius 3 is 2.36 bits per heavy atom. The second-order valence-electron chi connectivity index (χ2n) is 5.57. The van der Waals surface area contributed by atoms with Gasteiger partial charge in [0, 0.05) is 12.4 Å². The van der Waals surface area contributed by atoms with Gasteiger partial charge in [0.25, 0.3) is 5.91 Å². The zero-order chi connectivity index (χ0) is 15.4. The van der Waals surface area contributed by atoms with Crippen LogP contribution in [-0.2, 0) is 5.54 Å². The van der Waals surface area contributed by atoms with Crippen LogP contribution in [0.15, 0.2) is 47.9 Å². The van der Waals surface area contributed by atoms with E-state index in [-0.39, 0.29) is 11.4 Å². The number of rotatable bonds is 4. The first-order chi connectivity index (χ1) is 10.7. The minimum Gasteiger partial charge on any atom is -0.342 e. The molecule has 114 valence electrons. The predicted octanol–water partition coefficient (Wildman–Crippen LogP) is 3.40. The molecule has 1 amide bonds. The van der Waals surface area contributed by atoms with Crippen LogP contribution in [-0.4, -0.2) is 22.1 Å². The number of thioether (sulfide) groups is 1. The van der Waals surface area contributed by atoms with Crippen molar-refractivity contribution in [3.8, 4) is 0 Å². The van der Waals surface area contributed by atoms with Gasteiger partial charge in [-0.05, 0) is 24.7 Å². The van der Waals surface area contributed by atoms with Crippen LogP contribution in [0.25, 0.3) is 0 Å². The summed E-state index contributed by atoms with van der Waals surface area (Å²) in [4.78, 5) is 20.9. The summed E-state index contributed by atoms with van der Waals surface area (Å²) < 4.78 is 0. The molecular weight excluding hydrogens is 294 g/mol. The lowest BCUT2D eigenvalue weighted by Gasteiger charge is -2.31. The quantitative estimate of drug-likeness (QED) is 0.694. The molecule has 1 heterocycles. The number of amides is 1. The van der Waals surface area contributed by atoms with Crippen molar-refractivity contribution in [2.45, 2.75) is 36.4 Å². The monoisotopic (exact) mass is 313 g/mol. The molecule has 3 rings (SSSR count). The van der Waals surface area contributed by atoms with Crippen LogP contribution in [0.5, 0.6) is 0 Å². The summed E-state index contributed by atoms with van der Waals surface area (Å²) in [6.45, 7) is 0. The fourth-order valence-electron chi connectivity index (χ4n) is 3.05. The third-order valence-electron chi connectivity index (χ3n) is 4.21. The number of hydrogen-bond acceptors (Lipinski definition) is 4. The van der Waals surface area contributed by atoms with Crippen LogP contribution in [0.4, 0.5) is 0 Å². The molecule has 0 unspecified atom stereocenters. The van der Waals surface area contributed by atoms with E-state index < -0.39 is 0 Å². The van der Waals surface area contributed by atoms with Gasteiger partial charge < -0.3 is 5.32 Å². The van der Waals surface area contributed by atoms with Crippen molar-refractivity contribution >= 4 is 17.7 Å². The molecule has 1 aromatic carbocycles. The third kappa shape index (κ3) is 2.99. The van der Waals surface area contributed by atoms with Gasteiger partial charge in [0.1, 0.15) is 0 Å². The number of carbonyl (C=O) groups is 1. The molecule has 0 bridgehead atoms. The number of nitrogens with one attached hydrogen (secondary N) is 1. The number of hydrogen-bond donors (Lipinski definition) is 1. The molecule has 5 heteroatoms. The minimum atomic E-state index is -0.253. The molecule has 1 aliphatic rings. The Morgan fingerprint density at radius 1 is 1.14 bits per heavy atom. The van der Waals surface area contributed by atoms with Gasteiger partial charge in [-0.25, -0.2) is 9.97 Å². The molecule has 1 saturated carbocycles. The lowest BCUT2D eigenvalue weighted by Crippen LogP contribution is -2.43. The summed E-state index contributed by atoms with van der Waals surface area (Å²) in [5.41, 5.74) is 1.44. The maximum atomic E-state index is 12.6. The van der Waals surface area contributed by atoms with Crippen molar-refractivity contribution in [1.82, 2.24) is 15.3 Å².